The third-order valence-corrected chi connectivity index (χ3v) is 5.27. The monoisotopic (exact) mass is 409 g/mol. The van der Waals surface area contributed by atoms with Gasteiger partial charge in [0.2, 0.25) is 11.7 Å². The highest BCUT2D eigenvalue weighted by molar-refractivity contribution is 7.12. The number of nitrogens with one attached hydrogen (secondary N) is 1. The lowest BCUT2D eigenvalue weighted by molar-refractivity contribution is -0.137. The van der Waals surface area contributed by atoms with Gasteiger partial charge in [0.05, 0.1) is 10.4 Å². The van der Waals surface area contributed by atoms with Gasteiger partial charge in [0, 0.05) is 5.56 Å². The fraction of sp³-hybridized carbons (Fsp3) is 0.316. The number of halogens is 3. The van der Waals surface area contributed by atoms with Crippen LogP contribution in [0.1, 0.15) is 47.4 Å². The van der Waals surface area contributed by atoms with Gasteiger partial charge < -0.3 is 9.84 Å². The minimum atomic E-state index is -4.46. The molecule has 0 saturated heterocycles. The van der Waals surface area contributed by atoms with Crippen LogP contribution in [0.5, 0.6) is 0 Å². The van der Waals surface area contributed by atoms with Gasteiger partial charge >= 0.3 is 6.18 Å². The Bertz CT molecular complexity index is 938. The first-order valence-corrected chi connectivity index (χ1v) is 9.53. The molecule has 9 heteroatoms. The van der Waals surface area contributed by atoms with E-state index in [0.717, 1.165) is 18.6 Å². The molecule has 0 aliphatic heterocycles. The third kappa shape index (κ3) is 4.41. The highest BCUT2D eigenvalue weighted by Gasteiger charge is 2.31. The molecule has 2 aromatic heterocycles. The number of benzene rings is 1. The number of hydrogen-bond acceptors (Lipinski definition) is 5. The molecule has 0 saturated carbocycles. The Balaban J connectivity index is 1.87. The second-order valence-corrected chi connectivity index (χ2v) is 7.30. The van der Waals surface area contributed by atoms with Crippen molar-refractivity contribution < 1.29 is 22.5 Å². The molecule has 148 valence electrons. The molecule has 1 N–H and O–H groups in total. The van der Waals surface area contributed by atoms with Crippen LogP contribution in [-0.2, 0) is 6.18 Å². The first-order valence-electron chi connectivity index (χ1n) is 8.65. The minimum Gasteiger partial charge on any atom is -0.339 e. The number of hydrogen-bond donors (Lipinski definition) is 1. The summed E-state index contributed by atoms with van der Waals surface area (Å²) in [5.41, 5.74) is -0.599. The Kier molecular flexibility index (Phi) is 5.83. The summed E-state index contributed by atoms with van der Waals surface area (Å²) in [5.74, 6) is -0.0794. The van der Waals surface area contributed by atoms with Gasteiger partial charge in [-0.05, 0) is 29.5 Å². The maximum absolute atomic E-state index is 12.9. The average Bonchev–Trinajstić information content (AvgIpc) is 3.36. The van der Waals surface area contributed by atoms with Crippen LogP contribution in [0.25, 0.3) is 11.4 Å². The molecule has 0 fully saturated rings. The van der Waals surface area contributed by atoms with E-state index in [1.54, 1.807) is 17.5 Å². The SMILES string of the molecule is CCC(C)C(NC(=O)c1cccs1)c1nc(-c2cccc(C(F)(F)F)c2)no1. The highest BCUT2D eigenvalue weighted by atomic mass is 32.1. The molecule has 3 rings (SSSR count). The molecular weight excluding hydrogens is 391 g/mol. The predicted octanol–water partition coefficient (Wildman–Crippen LogP) is 5.33. The molecule has 0 bridgehead atoms. The van der Waals surface area contributed by atoms with Gasteiger partial charge in [-0.1, -0.05) is 43.6 Å². The predicted molar refractivity (Wildman–Crippen MR) is 98.7 cm³/mol. The van der Waals surface area contributed by atoms with Gasteiger partial charge in [-0.3, -0.25) is 4.79 Å². The van der Waals surface area contributed by atoms with Crippen molar-refractivity contribution in [2.45, 2.75) is 32.5 Å². The molecule has 2 atom stereocenters. The van der Waals surface area contributed by atoms with Gasteiger partial charge in [-0.15, -0.1) is 11.3 Å². The van der Waals surface area contributed by atoms with Crippen LogP contribution in [-0.4, -0.2) is 16.0 Å². The van der Waals surface area contributed by atoms with E-state index in [-0.39, 0.29) is 29.1 Å². The lowest BCUT2D eigenvalue weighted by Crippen LogP contribution is -2.32. The standard InChI is InChI=1S/C19H18F3N3O2S/c1-3-11(2)15(23-17(26)14-8-5-9-28-14)18-24-16(25-27-18)12-6-4-7-13(10-12)19(20,21)22/h4-11,15H,3H2,1-2H3,(H,23,26). The highest BCUT2D eigenvalue weighted by Crippen LogP contribution is 2.32. The Morgan fingerprint density at radius 2 is 2.07 bits per heavy atom. The van der Waals surface area contributed by atoms with Gasteiger partial charge in [-0.25, -0.2) is 0 Å². The molecule has 3 aromatic rings. The maximum atomic E-state index is 12.9. The van der Waals surface area contributed by atoms with Crippen LogP contribution in [0.3, 0.4) is 0 Å². The molecule has 0 aliphatic rings. The van der Waals surface area contributed by atoms with Crippen LogP contribution in [0.2, 0.25) is 0 Å². The molecule has 2 unspecified atom stereocenters. The van der Waals surface area contributed by atoms with Crippen LogP contribution in [0.15, 0.2) is 46.3 Å². The van der Waals surface area contributed by atoms with E-state index < -0.39 is 17.8 Å². The molecule has 0 spiro atoms. The van der Waals surface area contributed by atoms with Crippen molar-refractivity contribution in [3.8, 4) is 11.4 Å². The molecule has 5 nitrogen and oxygen atoms in total. The summed E-state index contributed by atoms with van der Waals surface area (Å²) >= 11 is 1.31. The number of rotatable bonds is 6. The largest absolute Gasteiger partial charge is 0.416 e. The van der Waals surface area contributed by atoms with E-state index >= 15 is 0 Å². The topological polar surface area (TPSA) is 68.0 Å². The summed E-state index contributed by atoms with van der Waals surface area (Å²) in [6.45, 7) is 3.88. The van der Waals surface area contributed by atoms with Gasteiger partial charge in [-0.2, -0.15) is 18.2 Å². The summed E-state index contributed by atoms with van der Waals surface area (Å²) in [6, 6.07) is 7.65. The summed E-state index contributed by atoms with van der Waals surface area (Å²) in [7, 11) is 0. The van der Waals surface area contributed by atoms with Crippen molar-refractivity contribution in [1.29, 1.82) is 0 Å². The first-order chi connectivity index (χ1) is 13.3. The lowest BCUT2D eigenvalue weighted by atomic mass is 9.99. The number of carbonyl (C=O) groups is 1. The average molecular weight is 409 g/mol. The number of aromatic nitrogens is 2. The zero-order valence-corrected chi connectivity index (χ0v) is 16.0. The van der Waals surface area contributed by atoms with Gasteiger partial charge in [0.25, 0.3) is 5.91 Å². The fourth-order valence-corrected chi connectivity index (χ4v) is 3.24. The summed E-state index contributed by atoms with van der Waals surface area (Å²) in [5, 5.41) is 8.49. The zero-order chi connectivity index (χ0) is 20.3. The van der Waals surface area contributed by atoms with Crippen LogP contribution >= 0.6 is 11.3 Å². The number of thiophene rings is 1. The Morgan fingerprint density at radius 1 is 1.29 bits per heavy atom. The number of carbonyl (C=O) groups excluding carboxylic acids is 1. The quantitative estimate of drug-likeness (QED) is 0.597. The summed E-state index contributed by atoms with van der Waals surface area (Å²) < 4.78 is 44.1. The Labute approximate surface area is 163 Å². The second-order valence-electron chi connectivity index (χ2n) is 6.35. The van der Waals surface area contributed by atoms with E-state index in [4.69, 9.17) is 4.52 Å². The maximum Gasteiger partial charge on any atom is 0.416 e. The molecule has 0 radical (unpaired) electrons. The van der Waals surface area contributed by atoms with E-state index in [2.05, 4.69) is 15.5 Å². The number of alkyl halides is 3. The van der Waals surface area contributed by atoms with Crippen molar-refractivity contribution in [3.05, 3.63) is 58.1 Å². The molecule has 1 amide bonds. The van der Waals surface area contributed by atoms with Crippen molar-refractivity contribution in [3.63, 3.8) is 0 Å². The molecular formula is C19H18F3N3O2S. The summed E-state index contributed by atoms with van der Waals surface area (Å²) in [4.78, 5) is 17.2. The first kappa shape index (κ1) is 20.1. The third-order valence-electron chi connectivity index (χ3n) is 4.40. The molecule has 2 heterocycles. The van der Waals surface area contributed by atoms with Gasteiger partial charge in [0.1, 0.15) is 6.04 Å². The lowest BCUT2D eigenvalue weighted by Gasteiger charge is -2.20. The van der Waals surface area contributed by atoms with Gasteiger partial charge in [0.15, 0.2) is 0 Å². The molecule has 28 heavy (non-hydrogen) atoms. The summed E-state index contributed by atoms with van der Waals surface area (Å²) in [6.07, 6.45) is -3.73. The van der Waals surface area contributed by atoms with Crippen molar-refractivity contribution in [2.75, 3.05) is 0 Å². The van der Waals surface area contributed by atoms with Crippen LogP contribution < -0.4 is 5.32 Å². The number of nitrogens with zero attached hydrogens (tertiary/aromatic N) is 2. The molecule has 0 aliphatic carbocycles. The van der Waals surface area contributed by atoms with Crippen molar-refractivity contribution in [2.24, 2.45) is 5.92 Å². The smallest absolute Gasteiger partial charge is 0.339 e. The van der Waals surface area contributed by atoms with Crippen molar-refractivity contribution in [1.82, 2.24) is 15.5 Å². The Hall–Kier alpha value is -2.68. The van der Waals surface area contributed by atoms with E-state index in [0.29, 0.717) is 4.88 Å². The second kappa shape index (κ2) is 8.14. The van der Waals surface area contributed by atoms with E-state index in [1.807, 2.05) is 13.8 Å². The van der Waals surface area contributed by atoms with Crippen LogP contribution in [0.4, 0.5) is 13.2 Å². The normalized spacial score (nSPS) is 13.9. The van der Waals surface area contributed by atoms with Crippen LogP contribution in [0, 0.1) is 5.92 Å². The molecule has 1 aromatic carbocycles. The fourth-order valence-electron chi connectivity index (χ4n) is 2.62. The number of amides is 1. The minimum absolute atomic E-state index is 0.0151. The van der Waals surface area contributed by atoms with E-state index in [9.17, 15) is 18.0 Å². The van der Waals surface area contributed by atoms with E-state index in [1.165, 1.54) is 23.5 Å². The van der Waals surface area contributed by atoms with Crippen molar-refractivity contribution >= 4 is 17.2 Å². The zero-order valence-electron chi connectivity index (χ0n) is 15.2. The Morgan fingerprint density at radius 3 is 2.71 bits per heavy atom.